The number of carbonyl (C=O) groups excluding carboxylic acids is 2. The van der Waals surface area contributed by atoms with E-state index in [1.54, 1.807) is 0 Å². The summed E-state index contributed by atoms with van der Waals surface area (Å²) in [7, 11) is 1.46. The number of hydrogen-bond donors (Lipinski definition) is 1. The summed E-state index contributed by atoms with van der Waals surface area (Å²) in [5.41, 5.74) is -1.30. The average molecular weight is 658 g/mol. The van der Waals surface area contributed by atoms with E-state index in [0.29, 0.717) is 19.1 Å². The number of nitrogens with one attached hydrogen (secondary N) is 1. The van der Waals surface area contributed by atoms with Crippen molar-refractivity contribution in [3.8, 4) is 0 Å². The highest BCUT2D eigenvalue weighted by atomic mass is 16.6. The van der Waals surface area contributed by atoms with Crippen LogP contribution in [0, 0.1) is 5.92 Å². The lowest BCUT2D eigenvalue weighted by atomic mass is 9.80. The van der Waals surface area contributed by atoms with Gasteiger partial charge in [-0.2, -0.15) is 0 Å². The number of unbranched alkanes of at least 4 members (excludes halogenated alkanes) is 11. The summed E-state index contributed by atoms with van der Waals surface area (Å²) < 4.78 is 24.2. The van der Waals surface area contributed by atoms with Gasteiger partial charge in [0.15, 0.2) is 11.7 Å². The van der Waals surface area contributed by atoms with Gasteiger partial charge in [-0.05, 0) is 71.1 Å². The quantitative estimate of drug-likeness (QED) is 0.0965. The summed E-state index contributed by atoms with van der Waals surface area (Å²) in [6.07, 6.45) is 27.8. The van der Waals surface area contributed by atoms with Crippen molar-refractivity contribution in [1.82, 2.24) is 10.2 Å². The topological polar surface area (TPSA) is 98.7 Å². The number of ether oxygens (including phenoxy) is 4. The maximum absolute atomic E-state index is 14.0. The van der Waals surface area contributed by atoms with Gasteiger partial charge in [-0.15, -0.1) is 0 Å². The van der Waals surface area contributed by atoms with Crippen LogP contribution in [0.4, 0.5) is 0 Å². The van der Waals surface area contributed by atoms with Gasteiger partial charge in [0.1, 0.15) is 11.6 Å². The first-order valence-electron chi connectivity index (χ1n) is 19.3. The first-order valence-corrected chi connectivity index (χ1v) is 19.3. The highest BCUT2D eigenvalue weighted by molar-refractivity contribution is 5.87. The molecule has 0 amide bonds. The molecule has 0 aromatic rings. The normalized spacial score (nSPS) is 32.9. The zero-order chi connectivity index (χ0) is 33.1. The van der Waals surface area contributed by atoms with Crippen molar-refractivity contribution in [3.05, 3.63) is 12.2 Å². The summed E-state index contributed by atoms with van der Waals surface area (Å²) in [5, 5.41) is 3.79. The minimum atomic E-state index is -0.873. The SMILES string of the molecule is CC[C@H]1C=CCC[C@@]2(C[C@@H]3CC[C@@H]4[C@H](C(=O)OCCCCCCCCCCCCCCC(=O)OC)[C@]5(CCC[C@@H](C)O5)N=C(N2)N34)O1. The van der Waals surface area contributed by atoms with Crippen LogP contribution in [0.3, 0.4) is 0 Å². The van der Waals surface area contributed by atoms with Gasteiger partial charge in [-0.1, -0.05) is 83.3 Å². The average Bonchev–Trinajstić information content (AvgIpc) is 3.36. The third-order valence-electron chi connectivity index (χ3n) is 11.3. The van der Waals surface area contributed by atoms with Gasteiger partial charge in [0.25, 0.3) is 0 Å². The number of guanidine groups is 1. The largest absolute Gasteiger partial charge is 0.469 e. The first kappa shape index (κ1) is 36.2. The smallest absolute Gasteiger partial charge is 0.316 e. The van der Waals surface area contributed by atoms with E-state index in [1.807, 2.05) is 0 Å². The summed E-state index contributed by atoms with van der Waals surface area (Å²) in [4.78, 5) is 32.9. The Labute approximate surface area is 284 Å². The third kappa shape index (κ3) is 9.31. The van der Waals surface area contributed by atoms with E-state index < -0.39 is 17.4 Å². The standard InChI is InChI=1S/C38H63N3O6/c1-4-31-21-16-17-25-37(47-31)28-30-23-24-32-34(38(26-19-20-29(2)46-38)40-36(39-37)41(30)32)35(43)45-27-18-14-12-10-8-6-5-7-9-11-13-15-22-33(42)44-3/h16,21,29-32,34H,4-15,17-20,22-28H2,1-3H3,(H,39,40)/t29-,30+,31+,32-,34-,37+,38-/m1/s1. The third-order valence-corrected chi connectivity index (χ3v) is 11.3. The van der Waals surface area contributed by atoms with Crippen LogP contribution in [0.25, 0.3) is 0 Å². The molecule has 0 aliphatic carbocycles. The van der Waals surface area contributed by atoms with Crippen molar-refractivity contribution in [2.75, 3.05) is 13.7 Å². The molecule has 0 aromatic carbocycles. The molecule has 266 valence electrons. The van der Waals surface area contributed by atoms with E-state index in [4.69, 9.17) is 23.9 Å². The van der Waals surface area contributed by atoms with Gasteiger partial charge in [0.05, 0.1) is 32.0 Å². The Hall–Kier alpha value is -2.13. The molecule has 7 atom stereocenters. The second-order valence-corrected chi connectivity index (χ2v) is 14.9. The molecule has 3 saturated heterocycles. The van der Waals surface area contributed by atoms with Crippen LogP contribution in [-0.4, -0.2) is 72.3 Å². The first-order chi connectivity index (χ1) is 22.9. The van der Waals surface area contributed by atoms with Gasteiger partial charge >= 0.3 is 11.9 Å². The molecule has 5 heterocycles. The Morgan fingerprint density at radius 2 is 1.66 bits per heavy atom. The van der Waals surface area contributed by atoms with Crippen LogP contribution < -0.4 is 5.32 Å². The van der Waals surface area contributed by atoms with Crippen LogP contribution in [0.2, 0.25) is 0 Å². The van der Waals surface area contributed by atoms with Crippen molar-refractivity contribution in [2.45, 2.75) is 191 Å². The number of esters is 2. The Kier molecular flexibility index (Phi) is 13.5. The lowest BCUT2D eigenvalue weighted by molar-refractivity contribution is -0.194. The van der Waals surface area contributed by atoms with Crippen LogP contribution >= 0.6 is 0 Å². The van der Waals surface area contributed by atoms with Gasteiger partial charge < -0.3 is 29.2 Å². The maximum atomic E-state index is 14.0. The fourth-order valence-electron chi connectivity index (χ4n) is 8.78. The molecule has 0 unspecified atom stereocenters. The molecule has 1 N–H and O–H groups in total. The van der Waals surface area contributed by atoms with Gasteiger partial charge in [-0.3, -0.25) is 9.59 Å². The lowest BCUT2D eigenvalue weighted by Crippen LogP contribution is -2.71. The van der Waals surface area contributed by atoms with Crippen LogP contribution in [0.15, 0.2) is 17.1 Å². The summed E-state index contributed by atoms with van der Waals surface area (Å²) in [6, 6.07) is 0.350. The molecule has 9 heteroatoms. The number of allylic oxidation sites excluding steroid dienone is 1. The van der Waals surface area contributed by atoms with Crippen molar-refractivity contribution in [3.63, 3.8) is 0 Å². The predicted molar refractivity (Wildman–Crippen MR) is 184 cm³/mol. The van der Waals surface area contributed by atoms with Gasteiger partial charge in [0, 0.05) is 18.9 Å². The Morgan fingerprint density at radius 3 is 2.34 bits per heavy atom. The van der Waals surface area contributed by atoms with Crippen LogP contribution in [0.5, 0.6) is 0 Å². The van der Waals surface area contributed by atoms with E-state index in [2.05, 4.69) is 36.2 Å². The van der Waals surface area contributed by atoms with Crippen LogP contribution in [0.1, 0.15) is 155 Å². The van der Waals surface area contributed by atoms with E-state index >= 15 is 0 Å². The summed E-state index contributed by atoms with van der Waals surface area (Å²) >= 11 is 0. The van der Waals surface area contributed by atoms with Crippen molar-refractivity contribution >= 4 is 17.9 Å². The second kappa shape index (κ2) is 17.5. The monoisotopic (exact) mass is 657 g/mol. The number of carbonyl (C=O) groups is 2. The molecule has 9 nitrogen and oxygen atoms in total. The molecule has 2 spiro atoms. The molecule has 5 aliphatic heterocycles. The number of rotatable bonds is 17. The highest BCUT2D eigenvalue weighted by Crippen LogP contribution is 2.50. The lowest BCUT2D eigenvalue weighted by Gasteiger charge is -2.55. The minimum absolute atomic E-state index is 0.0425. The van der Waals surface area contributed by atoms with Gasteiger partial charge in [0.2, 0.25) is 0 Å². The zero-order valence-corrected chi connectivity index (χ0v) is 29.6. The van der Waals surface area contributed by atoms with Gasteiger partial charge in [-0.25, -0.2) is 4.99 Å². The molecule has 0 saturated carbocycles. The van der Waals surface area contributed by atoms with E-state index in [9.17, 15) is 9.59 Å². The van der Waals surface area contributed by atoms with E-state index in [-0.39, 0.29) is 30.2 Å². The number of aliphatic imine (C=N–C) groups is 1. The predicted octanol–water partition coefficient (Wildman–Crippen LogP) is 7.71. The molecule has 0 bridgehead atoms. The number of hydrogen-bond acceptors (Lipinski definition) is 9. The second-order valence-electron chi connectivity index (χ2n) is 14.9. The van der Waals surface area contributed by atoms with Crippen molar-refractivity contribution < 1.29 is 28.5 Å². The van der Waals surface area contributed by atoms with Crippen molar-refractivity contribution in [2.24, 2.45) is 10.9 Å². The molecule has 0 aromatic heterocycles. The molecule has 5 rings (SSSR count). The fraction of sp³-hybridized carbons (Fsp3) is 0.868. The molecular formula is C38H63N3O6. The molecule has 47 heavy (non-hydrogen) atoms. The number of methoxy groups -OCH3 is 1. The molecule has 5 aliphatic rings. The molecule has 0 radical (unpaired) electrons. The Bertz CT molecular complexity index is 1080. The Balaban J connectivity index is 1.06. The summed E-state index contributed by atoms with van der Waals surface area (Å²) in [5.74, 6) is 0.248. The van der Waals surface area contributed by atoms with E-state index in [1.165, 1.54) is 58.5 Å². The van der Waals surface area contributed by atoms with Crippen molar-refractivity contribution in [1.29, 1.82) is 0 Å². The highest BCUT2D eigenvalue weighted by Gasteiger charge is 2.62. The van der Waals surface area contributed by atoms with Crippen LogP contribution in [-0.2, 0) is 28.5 Å². The van der Waals surface area contributed by atoms with E-state index in [0.717, 1.165) is 89.4 Å². The Morgan fingerprint density at radius 1 is 0.957 bits per heavy atom. The molecule has 3 fully saturated rings. The number of nitrogens with zero attached hydrogens (tertiary/aromatic N) is 2. The zero-order valence-electron chi connectivity index (χ0n) is 29.6. The maximum Gasteiger partial charge on any atom is 0.316 e. The fourth-order valence-corrected chi connectivity index (χ4v) is 8.78. The molecular weight excluding hydrogens is 594 g/mol. The minimum Gasteiger partial charge on any atom is -0.469 e. The summed E-state index contributed by atoms with van der Waals surface area (Å²) in [6.45, 7) is 4.77.